The molecule has 2 aromatic rings. The van der Waals surface area contributed by atoms with Crippen molar-refractivity contribution in [2.75, 3.05) is 0 Å². The van der Waals surface area contributed by atoms with Gasteiger partial charge in [0, 0.05) is 18.3 Å². The van der Waals surface area contributed by atoms with Crippen LogP contribution < -0.4 is 5.73 Å². The van der Waals surface area contributed by atoms with Gasteiger partial charge in [-0.2, -0.15) is 5.10 Å². The van der Waals surface area contributed by atoms with Gasteiger partial charge in [0.05, 0.1) is 17.2 Å². The van der Waals surface area contributed by atoms with Crippen molar-refractivity contribution in [1.29, 1.82) is 0 Å². The van der Waals surface area contributed by atoms with E-state index in [-0.39, 0.29) is 12.4 Å². The van der Waals surface area contributed by atoms with Crippen molar-refractivity contribution in [3.05, 3.63) is 52.0 Å². The molecule has 2 rings (SSSR count). The van der Waals surface area contributed by atoms with E-state index in [2.05, 4.69) is 21.0 Å². The molecule has 0 atom stereocenters. The Morgan fingerprint density at radius 1 is 1.44 bits per heavy atom. The molecule has 3 nitrogen and oxygen atoms in total. The fourth-order valence-electron chi connectivity index (χ4n) is 1.49. The van der Waals surface area contributed by atoms with Crippen LogP contribution in [0.4, 0.5) is 4.39 Å². The summed E-state index contributed by atoms with van der Waals surface area (Å²) in [6, 6.07) is 4.95. The van der Waals surface area contributed by atoms with Crippen LogP contribution in [0.25, 0.3) is 0 Å². The second-order valence-electron chi connectivity index (χ2n) is 3.49. The van der Waals surface area contributed by atoms with Crippen LogP contribution in [0.15, 0.2) is 35.1 Å². The summed E-state index contributed by atoms with van der Waals surface area (Å²) < 4.78 is 15.9. The molecule has 0 aliphatic carbocycles. The first-order valence-electron chi connectivity index (χ1n) is 4.84. The monoisotopic (exact) mass is 283 g/mol. The van der Waals surface area contributed by atoms with E-state index in [1.165, 1.54) is 6.07 Å². The first kappa shape index (κ1) is 11.3. The molecule has 0 saturated carbocycles. The van der Waals surface area contributed by atoms with Crippen molar-refractivity contribution in [2.45, 2.75) is 13.1 Å². The van der Waals surface area contributed by atoms with Gasteiger partial charge in [0.15, 0.2) is 0 Å². The molecule has 5 heteroatoms. The van der Waals surface area contributed by atoms with Crippen LogP contribution in [0.1, 0.15) is 11.1 Å². The summed E-state index contributed by atoms with van der Waals surface area (Å²) in [6.07, 6.45) is 3.58. The SMILES string of the molecule is NCc1cc(Cn2cc(Br)cn2)ccc1F. The number of hydrogen-bond acceptors (Lipinski definition) is 2. The van der Waals surface area contributed by atoms with Gasteiger partial charge in [-0.1, -0.05) is 6.07 Å². The lowest BCUT2D eigenvalue weighted by Gasteiger charge is -2.05. The molecule has 0 spiro atoms. The Morgan fingerprint density at radius 2 is 2.25 bits per heavy atom. The molecule has 0 aliphatic rings. The second-order valence-corrected chi connectivity index (χ2v) is 4.40. The van der Waals surface area contributed by atoms with Crippen molar-refractivity contribution in [3.63, 3.8) is 0 Å². The zero-order chi connectivity index (χ0) is 11.5. The lowest BCUT2D eigenvalue weighted by atomic mass is 10.1. The fraction of sp³-hybridized carbons (Fsp3) is 0.182. The van der Waals surface area contributed by atoms with E-state index in [0.717, 1.165) is 10.0 Å². The van der Waals surface area contributed by atoms with Crippen LogP contribution in [0.2, 0.25) is 0 Å². The average Bonchev–Trinajstić information content (AvgIpc) is 2.67. The summed E-state index contributed by atoms with van der Waals surface area (Å²) in [5.41, 5.74) is 6.96. The standard InChI is InChI=1S/C11H11BrFN3/c12-10-5-15-16(7-10)6-8-1-2-11(13)9(3-8)4-14/h1-3,5,7H,4,6,14H2. The minimum Gasteiger partial charge on any atom is -0.326 e. The van der Waals surface area contributed by atoms with E-state index >= 15 is 0 Å². The molecule has 16 heavy (non-hydrogen) atoms. The predicted molar refractivity (Wildman–Crippen MR) is 63.3 cm³/mol. The molecule has 0 unspecified atom stereocenters. The van der Waals surface area contributed by atoms with E-state index in [9.17, 15) is 4.39 Å². The summed E-state index contributed by atoms with van der Waals surface area (Å²) >= 11 is 3.32. The highest BCUT2D eigenvalue weighted by atomic mass is 79.9. The fourth-order valence-corrected chi connectivity index (χ4v) is 1.82. The lowest BCUT2D eigenvalue weighted by Crippen LogP contribution is -2.04. The Morgan fingerprint density at radius 3 is 2.88 bits per heavy atom. The van der Waals surface area contributed by atoms with E-state index in [1.54, 1.807) is 23.0 Å². The normalized spacial score (nSPS) is 10.7. The smallest absolute Gasteiger partial charge is 0.127 e. The number of nitrogens with two attached hydrogens (primary N) is 1. The third-order valence-electron chi connectivity index (χ3n) is 2.28. The predicted octanol–water partition coefficient (Wildman–Crippen LogP) is 2.29. The van der Waals surface area contributed by atoms with Gasteiger partial charge in [-0.25, -0.2) is 4.39 Å². The first-order valence-corrected chi connectivity index (χ1v) is 5.63. The zero-order valence-electron chi connectivity index (χ0n) is 8.53. The van der Waals surface area contributed by atoms with Crippen LogP contribution in [-0.4, -0.2) is 9.78 Å². The maximum Gasteiger partial charge on any atom is 0.127 e. The Labute approximate surface area is 101 Å². The number of nitrogens with zero attached hydrogens (tertiary/aromatic N) is 2. The largest absolute Gasteiger partial charge is 0.326 e. The van der Waals surface area contributed by atoms with Crippen molar-refractivity contribution >= 4 is 15.9 Å². The van der Waals surface area contributed by atoms with Gasteiger partial charge >= 0.3 is 0 Å². The maximum atomic E-state index is 13.2. The molecule has 1 aromatic carbocycles. The van der Waals surface area contributed by atoms with Crippen LogP contribution in [0, 0.1) is 5.82 Å². The molecule has 2 N–H and O–H groups in total. The molecule has 0 saturated heterocycles. The highest BCUT2D eigenvalue weighted by molar-refractivity contribution is 9.10. The van der Waals surface area contributed by atoms with Crippen LogP contribution in [0.3, 0.4) is 0 Å². The number of rotatable bonds is 3. The number of hydrogen-bond donors (Lipinski definition) is 1. The van der Waals surface area contributed by atoms with E-state index in [0.29, 0.717) is 12.1 Å². The van der Waals surface area contributed by atoms with E-state index in [1.807, 2.05) is 6.20 Å². The number of aromatic nitrogens is 2. The Hall–Kier alpha value is -1.20. The zero-order valence-corrected chi connectivity index (χ0v) is 10.1. The highest BCUT2D eigenvalue weighted by Gasteiger charge is 2.03. The lowest BCUT2D eigenvalue weighted by molar-refractivity contribution is 0.607. The van der Waals surface area contributed by atoms with E-state index in [4.69, 9.17) is 5.73 Å². The van der Waals surface area contributed by atoms with Crippen molar-refractivity contribution in [3.8, 4) is 0 Å². The molecule has 84 valence electrons. The third kappa shape index (κ3) is 2.48. The van der Waals surface area contributed by atoms with Gasteiger partial charge in [-0.05, 0) is 33.6 Å². The molecule has 1 heterocycles. The Bertz CT molecular complexity index is 496. The van der Waals surface area contributed by atoms with Crippen LogP contribution in [-0.2, 0) is 13.1 Å². The van der Waals surface area contributed by atoms with Crippen LogP contribution in [0.5, 0.6) is 0 Å². The number of benzene rings is 1. The summed E-state index contributed by atoms with van der Waals surface area (Å²) in [4.78, 5) is 0. The third-order valence-corrected chi connectivity index (χ3v) is 2.69. The Balaban J connectivity index is 2.21. The number of halogens is 2. The second kappa shape index (κ2) is 4.76. The molecule has 0 radical (unpaired) electrons. The molecular formula is C11H11BrFN3. The molecular weight excluding hydrogens is 273 g/mol. The first-order chi connectivity index (χ1) is 7.69. The van der Waals surface area contributed by atoms with Gasteiger partial charge in [0.25, 0.3) is 0 Å². The minimum atomic E-state index is -0.257. The molecule has 1 aromatic heterocycles. The topological polar surface area (TPSA) is 43.8 Å². The summed E-state index contributed by atoms with van der Waals surface area (Å²) in [5.74, 6) is -0.257. The van der Waals surface area contributed by atoms with Gasteiger partial charge in [-0.3, -0.25) is 4.68 Å². The highest BCUT2D eigenvalue weighted by Crippen LogP contribution is 2.12. The molecule has 0 bridgehead atoms. The minimum absolute atomic E-state index is 0.211. The van der Waals surface area contributed by atoms with Crippen molar-refractivity contribution in [2.24, 2.45) is 5.73 Å². The van der Waals surface area contributed by atoms with E-state index < -0.39 is 0 Å². The molecule has 0 aliphatic heterocycles. The van der Waals surface area contributed by atoms with Crippen LogP contribution >= 0.6 is 15.9 Å². The summed E-state index contributed by atoms with van der Waals surface area (Å²) in [6.45, 7) is 0.821. The average molecular weight is 284 g/mol. The van der Waals surface area contributed by atoms with Gasteiger partial charge in [0.1, 0.15) is 5.82 Å². The van der Waals surface area contributed by atoms with Gasteiger partial charge in [-0.15, -0.1) is 0 Å². The quantitative estimate of drug-likeness (QED) is 0.939. The maximum absolute atomic E-state index is 13.2. The van der Waals surface area contributed by atoms with Crippen molar-refractivity contribution in [1.82, 2.24) is 9.78 Å². The molecule has 0 amide bonds. The Kier molecular flexibility index (Phi) is 3.36. The van der Waals surface area contributed by atoms with Gasteiger partial charge in [0.2, 0.25) is 0 Å². The summed E-state index contributed by atoms with van der Waals surface area (Å²) in [5, 5.41) is 4.13. The summed E-state index contributed by atoms with van der Waals surface area (Å²) in [7, 11) is 0. The van der Waals surface area contributed by atoms with Crippen molar-refractivity contribution < 1.29 is 4.39 Å². The molecule has 0 fully saturated rings. The van der Waals surface area contributed by atoms with Gasteiger partial charge < -0.3 is 5.73 Å².